The molecule has 5 rings (SSSR count). The summed E-state index contributed by atoms with van der Waals surface area (Å²) in [5.41, 5.74) is -0.0000456. The quantitative estimate of drug-likeness (QED) is 0.585. The zero-order valence-electron chi connectivity index (χ0n) is 19.9. The first-order valence-corrected chi connectivity index (χ1v) is 13.5. The number of amides is 1. The molecular formula is C25H33F2N5O2S. The van der Waals surface area contributed by atoms with Crippen molar-refractivity contribution >= 4 is 22.4 Å². The average Bonchev–Trinajstić information content (AvgIpc) is 3.33. The monoisotopic (exact) mass is 505 g/mol. The van der Waals surface area contributed by atoms with E-state index in [1.165, 1.54) is 43.4 Å². The highest BCUT2D eigenvalue weighted by atomic mass is 32.1. The number of likely N-dealkylation sites (tertiary alicyclic amines) is 1. The van der Waals surface area contributed by atoms with Gasteiger partial charge in [0.2, 0.25) is 0 Å². The molecule has 2 aromatic rings. The van der Waals surface area contributed by atoms with E-state index in [0.29, 0.717) is 17.0 Å². The van der Waals surface area contributed by atoms with Crippen LogP contribution in [-0.4, -0.2) is 65.7 Å². The fraction of sp³-hybridized carbons (Fsp3) is 0.640. The van der Waals surface area contributed by atoms with Crippen LogP contribution in [0.4, 0.5) is 13.9 Å². The normalized spacial score (nSPS) is 22.2. The molecule has 3 fully saturated rings. The number of carbonyl (C=O) groups excluding carboxylic acids is 1. The standard InChI is InChI=1S/C25H33F2N5O2S/c26-18-11-21(27)22(28-12-18)13-29-24(33)23-14-30-25(35-23)31-9-6-19(7-10-31)32-8-2-5-20(15-32)34-16-17-3-1-4-17/h11-12,14,17,19-20H,1-10,13,15-16H2,(H,29,33). The van der Waals surface area contributed by atoms with Crippen molar-refractivity contribution < 1.29 is 18.3 Å². The van der Waals surface area contributed by atoms with Crippen molar-refractivity contribution in [2.45, 2.75) is 63.6 Å². The van der Waals surface area contributed by atoms with E-state index >= 15 is 0 Å². The second-order valence-electron chi connectivity index (χ2n) is 9.88. The smallest absolute Gasteiger partial charge is 0.263 e. The summed E-state index contributed by atoms with van der Waals surface area (Å²) in [6.07, 6.45) is 11.4. The lowest BCUT2D eigenvalue weighted by atomic mass is 9.86. The van der Waals surface area contributed by atoms with Crippen molar-refractivity contribution in [3.63, 3.8) is 0 Å². The van der Waals surface area contributed by atoms with Gasteiger partial charge in [0.25, 0.3) is 5.91 Å². The number of aromatic nitrogens is 2. The topological polar surface area (TPSA) is 70.6 Å². The maximum absolute atomic E-state index is 13.7. The molecule has 3 aliphatic rings. The van der Waals surface area contributed by atoms with Crippen molar-refractivity contribution in [1.82, 2.24) is 20.2 Å². The van der Waals surface area contributed by atoms with Crippen LogP contribution in [0.3, 0.4) is 0 Å². The summed E-state index contributed by atoms with van der Waals surface area (Å²) in [5.74, 6) is -1.07. The Balaban J connectivity index is 1.08. The van der Waals surface area contributed by atoms with Crippen LogP contribution in [0.15, 0.2) is 18.5 Å². The van der Waals surface area contributed by atoms with Gasteiger partial charge in [0.1, 0.15) is 16.5 Å². The highest BCUT2D eigenvalue weighted by Crippen LogP contribution is 2.30. The van der Waals surface area contributed by atoms with E-state index in [1.807, 2.05) is 0 Å². The summed E-state index contributed by atoms with van der Waals surface area (Å²) in [7, 11) is 0. The van der Waals surface area contributed by atoms with Gasteiger partial charge in [-0.1, -0.05) is 17.8 Å². The molecular weight excluding hydrogens is 472 g/mol. The van der Waals surface area contributed by atoms with Crippen molar-refractivity contribution in [2.24, 2.45) is 5.92 Å². The molecule has 1 N–H and O–H groups in total. The van der Waals surface area contributed by atoms with Crippen LogP contribution in [0.2, 0.25) is 0 Å². The molecule has 0 spiro atoms. The Bertz CT molecular complexity index is 1010. The molecule has 35 heavy (non-hydrogen) atoms. The number of anilines is 1. The SMILES string of the molecule is O=C(NCc1ncc(F)cc1F)c1cnc(N2CCC(N3CCCC(OCC4CCC4)C3)CC2)s1. The lowest BCUT2D eigenvalue weighted by molar-refractivity contribution is -0.0384. The van der Waals surface area contributed by atoms with Gasteiger partial charge in [-0.25, -0.2) is 13.8 Å². The highest BCUT2D eigenvalue weighted by molar-refractivity contribution is 7.17. The van der Waals surface area contributed by atoms with Crippen LogP contribution in [-0.2, 0) is 11.3 Å². The number of thiazole rings is 1. The number of halogens is 2. The van der Waals surface area contributed by atoms with E-state index in [2.05, 4.69) is 25.1 Å². The van der Waals surface area contributed by atoms with E-state index in [0.717, 1.165) is 68.9 Å². The average molecular weight is 506 g/mol. The Morgan fingerprint density at radius 2 is 1.91 bits per heavy atom. The predicted octanol–water partition coefficient (Wildman–Crippen LogP) is 4.00. The highest BCUT2D eigenvalue weighted by Gasteiger charge is 2.31. The minimum Gasteiger partial charge on any atom is -0.377 e. The van der Waals surface area contributed by atoms with Crippen LogP contribution < -0.4 is 10.2 Å². The number of rotatable bonds is 8. The number of carbonyl (C=O) groups is 1. The van der Waals surface area contributed by atoms with Crippen molar-refractivity contribution in [2.75, 3.05) is 37.7 Å². The van der Waals surface area contributed by atoms with Gasteiger partial charge >= 0.3 is 0 Å². The van der Waals surface area contributed by atoms with Gasteiger partial charge in [0.05, 0.1) is 30.7 Å². The summed E-state index contributed by atoms with van der Waals surface area (Å²) >= 11 is 1.34. The number of piperidine rings is 2. The molecule has 1 amide bonds. The third-order valence-electron chi connectivity index (χ3n) is 7.47. The maximum atomic E-state index is 13.7. The Hall–Kier alpha value is -2.17. The molecule has 190 valence electrons. The van der Waals surface area contributed by atoms with E-state index in [-0.39, 0.29) is 18.1 Å². The summed E-state index contributed by atoms with van der Waals surface area (Å²) < 4.78 is 33.0. The van der Waals surface area contributed by atoms with Crippen LogP contribution in [0.25, 0.3) is 0 Å². The predicted molar refractivity (Wildman–Crippen MR) is 131 cm³/mol. The number of nitrogens with one attached hydrogen (secondary N) is 1. The molecule has 0 radical (unpaired) electrons. The molecule has 2 aliphatic heterocycles. The zero-order chi connectivity index (χ0) is 24.2. The number of hydrogen-bond acceptors (Lipinski definition) is 7. The van der Waals surface area contributed by atoms with Gasteiger partial charge in [0.15, 0.2) is 5.13 Å². The van der Waals surface area contributed by atoms with Crippen molar-refractivity contribution in [3.8, 4) is 0 Å². The van der Waals surface area contributed by atoms with Gasteiger partial charge in [0, 0.05) is 38.3 Å². The summed E-state index contributed by atoms with van der Waals surface area (Å²) in [4.78, 5) is 26.0. The van der Waals surface area contributed by atoms with Crippen molar-refractivity contribution in [3.05, 3.63) is 40.7 Å². The van der Waals surface area contributed by atoms with E-state index in [1.54, 1.807) is 6.20 Å². The summed E-state index contributed by atoms with van der Waals surface area (Å²) in [5, 5.41) is 3.47. The minimum atomic E-state index is -0.775. The fourth-order valence-corrected chi connectivity index (χ4v) is 6.01. The molecule has 1 aliphatic carbocycles. The first-order valence-electron chi connectivity index (χ1n) is 12.7. The molecule has 2 aromatic heterocycles. The van der Waals surface area contributed by atoms with E-state index < -0.39 is 11.6 Å². The molecule has 2 saturated heterocycles. The maximum Gasteiger partial charge on any atom is 0.263 e. The number of hydrogen-bond donors (Lipinski definition) is 1. The fourth-order valence-electron chi connectivity index (χ4n) is 5.13. The van der Waals surface area contributed by atoms with Gasteiger partial charge in [-0.15, -0.1) is 0 Å². The van der Waals surface area contributed by atoms with Crippen LogP contribution in [0, 0.1) is 17.6 Å². The van der Waals surface area contributed by atoms with Gasteiger partial charge in [-0.3, -0.25) is 14.7 Å². The van der Waals surface area contributed by atoms with Gasteiger partial charge < -0.3 is 15.0 Å². The lowest BCUT2D eigenvalue weighted by Gasteiger charge is -2.42. The molecule has 1 saturated carbocycles. The molecule has 7 nitrogen and oxygen atoms in total. The van der Waals surface area contributed by atoms with Crippen LogP contribution >= 0.6 is 11.3 Å². The van der Waals surface area contributed by atoms with Crippen LogP contribution in [0.1, 0.15) is 60.3 Å². The number of nitrogens with zero attached hydrogens (tertiary/aromatic N) is 4. The Labute approximate surface area is 208 Å². The van der Waals surface area contributed by atoms with Crippen molar-refractivity contribution in [1.29, 1.82) is 0 Å². The Morgan fingerprint density at radius 3 is 2.66 bits per heavy atom. The van der Waals surface area contributed by atoms with E-state index in [9.17, 15) is 13.6 Å². The Kier molecular flexibility index (Phi) is 7.89. The second-order valence-corrected chi connectivity index (χ2v) is 10.9. The van der Waals surface area contributed by atoms with E-state index in [4.69, 9.17) is 4.74 Å². The van der Waals surface area contributed by atoms with Gasteiger partial charge in [-0.05, 0) is 51.0 Å². The first-order chi connectivity index (χ1) is 17.0. The summed E-state index contributed by atoms with van der Waals surface area (Å²) in [6, 6.07) is 1.33. The molecule has 10 heteroatoms. The molecule has 4 heterocycles. The number of ether oxygens (including phenoxy) is 1. The molecule has 1 atom stereocenters. The second kappa shape index (κ2) is 11.3. The largest absolute Gasteiger partial charge is 0.377 e. The summed E-state index contributed by atoms with van der Waals surface area (Å²) in [6.45, 7) is 4.85. The third-order valence-corrected chi connectivity index (χ3v) is 8.53. The molecule has 0 aromatic carbocycles. The molecule has 0 bridgehead atoms. The number of pyridine rings is 1. The first kappa shape index (κ1) is 24.5. The molecule has 1 unspecified atom stereocenters. The minimum absolute atomic E-state index is 0.0000456. The third kappa shape index (κ3) is 6.16. The zero-order valence-corrected chi connectivity index (χ0v) is 20.7. The van der Waals surface area contributed by atoms with Crippen LogP contribution in [0.5, 0.6) is 0 Å². The Morgan fingerprint density at radius 1 is 1.09 bits per heavy atom. The lowest BCUT2D eigenvalue weighted by Crippen LogP contribution is -2.50. The van der Waals surface area contributed by atoms with Gasteiger partial charge in [-0.2, -0.15) is 0 Å².